The highest BCUT2D eigenvalue weighted by Gasteiger charge is 2.25. The van der Waals surface area contributed by atoms with Gasteiger partial charge in [-0.2, -0.15) is 0 Å². The molecular formula is C21H21NO3. The van der Waals surface area contributed by atoms with E-state index < -0.39 is 5.63 Å². The van der Waals surface area contributed by atoms with Crippen LogP contribution in [0.3, 0.4) is 0 Å². The lowest BCUT2D eigenvalue weighted by molar-refractivity contribution is 0.0906. The molecule has 1 amide bonds. The number of carbonyl (C=O) groups is 1. The minimum Gasteiger partial charge on any atom is -0.422 e. The fourth-order valence-electron chi connectivity index (χ4n) is 3.81. The first-order valence-corrected chi connectivity index (χ1v) is 8.90. The van der Waals surface area contributed by atoms with E-state index in [0.29, 0.717) is 11.5 Å². The maximum Gasteiger partial charge on any atom is 0.349 e. The highest BCUT2D eigenvalue weighted by atomic mass is 16.4. The van der Waals surface area contributed by atoms with E-state index in [4.69, 9.17) is 4.42 Å². The highest BCUT2D eigenvalue weighted by Crippen LogP contribution is 2.26. The first kappa shape index (κ1) is 15.9. The summed E-state index contributed by atoms with van der Waals surface area (Å²) in [5, 5.41) is 5.86. The van der Waals surface area contributed by atoms with Crippen LogP contribution in [0.5, 0.6) is 0 Å². The van der Waals surface area contributed by atoms with Gasteiger partial charge >= 0.3 is 5.63 Å². The standard InChI is InChI=1S/C21H21NO3/c1-13-6-2-5-9-18(13)22-20(23)17-12-16-15-8-4-3-7-14(15)10-11-19(16)25-21(17)24/h3-4,7-8,10-13,18H,2,5-6,9H2,1H3,(H,22,23)/t13-,18-/m0/s1. The number of carbonyl (C=O) groups excluding carboxylic acids is 1. The lowest BCUT2D eigenvalue weighted by Gasteiger charge is -2.29. The summed E-state index contributed by atoms with van der Waals surface area (Å²) in [5.74, 6) is 0.105. The summed E-state index contributed by atoms with van der Waals surface area (Å²) in [6.45, 7) is 2.15. The Hall–Kier alpha value is -2.62. The summed E-state index contributed by atoms with van der Waals surface area (Å²) >= 11 is 0. The molecule has 1 heterocycles. The third kappa shape index (κ3) is 2.93. The quantitative estimate of drug-likeness (QED) is 0.562. The van der Waals surface area contributed by atoms with Crippen molar-refractivity contribution in [3.8, 4) is 0 Å². The van der Waals surface area contributed by atoms with E-state index in [9.17, 15) is 9.59 Å². The molecule has 1 aromatic heterocycles. The molecule has 0 saturated heterocycles. The van der Waals surface area contributed by atoms with Crippen LogP contribution in [0.4, 0.5) is 0 Å². The van der Waals surface area contributed by atoms with Crippen LogP contribution in [0.25, 0.3) is 21.7 Å². The summed E-state index contributed by atoms with van der Waals surface area (Å²) in [6.07, 6.45) is 4.40. The van der Waals surface area contributed by atoms with E-state index in [1.165, 1.54) is 6.42 Å². The number of nitrogens with one attached hydrogen (secondary N) is 1. The first-order chi connectivity index (χ1) is 12.1. The molecule has 2 aromatic carbocycles. The van der Waals surface area contributed by atoms with Gasteiger partial charge in [-0.1, -0.05) is 50.1 Å². The van der Waals surface area contributed by atoms with Gasteiger partial charge in [-0.25, -0.2) is 4.79 Å². The number of fused-ring (bicyclic) bond motifs is 3. The number of hydrogen-bond acceptors (Lipinski definition) is 3. The average molecular weight is 335 g/mol. The largest absolute Gasteiger partial charge is 0.422 e. The molecule has 1 aliphatic rings. The topological polar surface area (TPSA) is 59.3 Å². The highest BCUT2D eigenvalue weighted by molar-refractivity contribution is 6.07. The van der Waals surface area contributed by atoms with Gasteiger partial charge in [-0.05, 0) is 41.7 Å². The van der Waals surface area contributed by atoms with Crippen molar-refractivity contribution in [2.75, 3.05) is 0 Å². The molecule has 0 radical (unpaired) electrons. The van der Waals surface area contributed by atoms with Crippen molar-refractivity contribution < 1.29 is 9.21 Å². The number of hydrogen-bond donors (Lipinski definition) is 1. The lowest BCUT2D eigenvalue weighted by atomic mass is 9.86. The van der Waals surface area contributed by atoms with E-state index in [2.05, 4.69) is 12.2 Å². The molecule has 1 fully saturated rings. The van der Waals surface area contributed by atoms with Crippen molar-refractivity contribution in [3.63, 3.8) is 0 Å². The van der Waals surface area contributed by atoms with Crippen LogP contribution in [-0.2, 0) is 0 Å². The summed E-state index contributed by atoms with van der Waals surface area (Å²) < 4.78 is 5.42. The zero-order chi connectivity index (χ0) is 17.4. The molecule has 1 N–H and O–H groups in total. The average Bonchev–Trinajstić information content (AvgIpc) is 2.62. The second kappa shape index (κ2) is 6.36. The summed E-state index contributed by atoms with van der Waals surface area (Å²) in [6, 6.07) is 13.4. The van der Waals surface area contributed by atoms with E-state index in [0.717, 1.165) is 35.4 Å². The monoisotopic (exact) mass is 335 g/mol. The van der Waals surface area contributed by atoms with E-state index in [1.54, 1.807) is 12.1 Å². The Labute approximate surface area is 145 Å². The van der Waals surface area contributed by atoms with Gasteiger partial charge < -0.3 is 9.73 Å². The Balaban J connectivity index is 1.76. The second-order valence-electron chi connectivity index (χ2n) is 6.99. The minimum atomic E-state index is -0.580. The van der Waals surface area contributed by atoms with Crippen molar-refractivity contribution in [1.29, 1.82) is 0 Å². The molecule has 1 aliphatic carbocycles. The predicted molar refractivity (Wildman–Crippen MR) is 98.9 cm³/mol. The van der Waals surface area contributed by atoms with Gasteiger partial charge in [0.25, 0.3) is 5.91 Å². The Morgan fingerprint density at radius 2 is 1.88 bits per heavy atom. The van der Waals surface area contributed by atoms with Crippen LogP contribution in [0, 0.1) is 5.92 Å². The molecule has 4 rings (SSSR count). The van der Waals surface area contributed by atoms with Gasteiger partial charge in [0.1, 0.15) is 11.1 Å². The van der Waals surface area contributed by atoms with Crippen molar-refractivity contribution >= 4 is 27.6 Å². The number of benzene rings is 2. The Bertz CT molecular complexity index is 1000. The van der Waals surface area contributed by atoms with Gasteiger partial charge in [0.15, 0.2) is 0 Å². The van der Waals surface area contributed by atoms with E-state index >= 15 is 0 Å². The molecule has 0 aliphatic heterocycles. The van der Waals surface area contributed by atoms with Crippen LogP contribution >= 0.6 is 0 Å². The maximum absolute atomic E-state index is 12.7. The molecule has 2 atom stereocenters. The van der Waals surface area contributed by atoms with Gasteiger partial charge in [0.05, 0.1) is 0 Å². The van der Waals surface area contributed by atoms with Crippen molar-refractivity contribution in [3.05, 3.63) is 58.4 Å². The fourth-order valence-corrected chi connectivity index (χ4v) is 3.81. The Morgan fingerprint density at radius 3 is 2.72 bits per heavy atom. The summed E-state index contributed by atoms with van der Waals surface area (Å²) in [4.78, 5) is 25.0. The lowest BCUT2D eigenvalue weighted by Crippen LogP contribution is -2.42. The molecule has 0 bridgehead atoms. The van der Waals surface area contributed by atoms with Crippen LogP contribution in [0.1, 0.15) is 43.0 Å². The molecule has 0 unspecified atom stereocenters. The van der Waals surface area contributed by atoms with Gasteiger partial charge in [0, 0.05) is 11.4 Å². The van der Waals surface area contributed by atoms with E-state index in [1.807, 2.05) is 30.3 Å². The van der Waals surface area contributed by atoms with Crippen molar-refractivity contribution in [2.24, 2.45) is 5.92 Å². The Morgan fingerprint density at radius 1 is 1.08 bits per heavy atom. The fraction of sp³-hybridized carbons (Fsp3) is 0.333. The van der Waals surface area contributed by atoms with Crippen LogP contribution in [0.15, 0.2) is 51.7 Å². The minimum absolute atomic E-state index is 0.0848. The van der Waals surface area contributed by atoms with Gasteiger partial charge in [-0.15, -0.1) is 0 Å². The summed E-state index contributed by atoms with van der Waals surface area (Å²) in [7, 11) is 0. The summed E-state index contributed by atoms with van der Waals surface area (Å²) in [5.41, 5.74) is 0.0108. The smallest absolute Gasteiger partial charge is 0.349 e. The molecular weight excluding hydrogens is 314 g/mol. The second-order valence-corrected chi connectivity index (χ2v) is 6.99. The number of amides is 1. The maximum atomic E-state index is 12.7. The van der Waals surface area contributed by atoms with Crippen LogP contribution in [-0.4, -0.2) is 11.9 Å². The molecule has 4 nitrogen and oxygen atoms in total. The zero-order valence-electron chi connectivity index (χ0n) is 14.2. The van der Waals surface area contributed by atoms with Crippen molar-refractivity contribution in [1.82, 2.24) is 5.32 Å². The molecule has 25 heavy (non-hydrogen) atoms. The molecule has 4 heteroatoms. The number of rotatable bonds is 2. The molecule has 0 spiro atoms. The first-order valence-electron chi connectivity index (χ1n) is 8.90. The predicted octanol–water partition coefficient (Wildman–Crippen LogP) is 4.25. The van der Waals surface area contributed by atoms with Crippen LogP contribution in [0.2, 0.25) is 0 Å². The van der Waals surface area contributed by atoms with E-state index in [-0.39, 0.29) is 17.5 Å². The molecule has 3 aromatic rings. The zero-order valence-corrected chi connectivity index (χ0v) is 14.2. The third-order valence-corrected chi connectivity index (χ3v) is 5.31. The SMILES string of the molecule is C[C@H]1CCCC[C@@H]1NC(=O)c1cc2c(ccc3ccccc32)oc1=O. The normalized spacial score (nSPS) is 20.7. The van der Waals surface area contributed by atoms with Crippen LogP contribution < -0.4 is 10.9 Å². The van der Waals surface area contributed by atoms with Crippen molar-refractivity contribution in [2.45, 2.75) is 38.6 Å². The Kier molecular flexibility index (Phi) is 4.04. The third-order valence-electron chi connectivity index (χ3n) is 5.31. The van der Waals surface area contributed by atoms with Gasteiger partial charge in [-0.3, -0.25) is 4.79 Å². The molecule has 128 valence electrons. The molecule has 1 saturated carbocycles. The van der Waals surface area contributed by atoms with Gasteiger partial charge in [0.2, 0.25) is 0 Å².